The quantitative estimate of drug-likeness (QED) is 0.761. The molecule has 0 spiro atoms. The molecule has 1 aromatic carbocycles. The molecule has 0 radical (unpaired) electrons. The van der Waals surface area contributed by atoms with Crippen molar-refractivity contribution in [3.63, 3.8) is 0 Å². The number of H-pyrrole nitrogens is 1. The molecule has 0 saturated heterocycles. The van der Waals surface area contributed by atoms with E-state index in [9.17, 15) is 4.79 Å². The molecule has 1 amide bonds. The highest BCUT2D eigenvalue weighted by molar-refractivity contribution is 6.03. The van der Waals surface area contributed by atoms with Gasteiger partial charge in [-0.3, -0.25) is 9.78 Å². The van der Waals surface area contributed by atoms with Crippen LogP contribution < -0.4 is 5.32 Å². The molecule has 2 N–H and O–H groups in total. The molecule has 6 heteroatoms. The van der Waals surface area contributed by atoms with Crippen molar-refractivity contribution in [3.8, 4) is 0 Å². The van der Waals surface area contributed by atoms with Crippen LogP contribution in [-0.2, 0) is 5.41 Å². The van der Waals surface area contributed by atoms with Crippen molar-refractivity contribution in [3.05, 3.63) is 48.3 Å². The highest BCUT2D eigenvalue weighted by Crippen LogP contribution is 2.24. The molecule has 0 saturated carbocycles. The highest BCUT2D eigenvalue weighted by Gasteiger charge is 2.18. The van der Waals surface area contributed by atoms with Crippen molar-refractivity contribution in [1.29, 1.82) is 0 Å². The number of fused-ring (bicyclic) bond motifs is 1. The second-order valence-corrected chi connectivity index (χ2v) is 6.11. The SMILES string of the molecule is CC(C)(C)c1nc2ccc(NC(=O)c3cnccn3)cc2[nH]1. The minimum absolute atomic E-state index is 0.0535. The Hall–Kier alpha value is -2.76. The standard InChI is InChI=1S/C16H17N5O/c1-16(2,3)15-20-11-5-4-10(8-12(11)21-15)19-14(22)13-9-17-6-7-18-13/h4-9H,1-3H3,(H,19,22)(H,20,21). The van der Waals surface area contributed by atoms with Crippen LogP contribution in [0.4, 0.5) is 5.69 Å². The predicted molar refractivity (Wildman–Crippen MR) is 84.8 cm³/mol. The third kappa shape index (κ3) is 2.81. The van der Waals surface area contributed by atoms with E-state index in [1.807, 2.05) is 18.2 Å². The number of anilines is 1. The number of carbonyl (C=O) groups is 1. The molecular formula is C16H17N5O. The van der Waals surface area contributed by atoms with Crippen LogP contribution in [0.2, 0.25) is 0 Å². The fraction of sp³-hybridized carbons (Fsp3) is 0.250. The van der Waals surface area contributed by atoms with Crippen LogP contribution in [0.15, 0.2) is 36.8 Å². The van der Waals surface area contributed by atoms with Crippen LogP contribution in [0, 0.1) is 0 Å². The second-order valence-electron chi connectivity index (χ2n) is 6.11. The van der Waals surface area contributed by atoms with Crippen LogP contribution in [0.1, 0.15) is 37.1 Å². The molecule has 22 heavy (non-hydrogen) atoms. The number of hydrogen-bond acceptors (Lipinski definition) is 4. The van der Waals surface area contributed by atoms with Gasteiger partial charge in [0.05, 0.1) is 17.2 Å². The molecule has 3 aromatic rings. The Morgan fingerprint density at radius 2 is 2.05 bits per heavy atom. The van der Waals surface area contributed by atoms with Crippen LogP contribution in [0.5, 0.6) is 0 Å². The normalized spacial score (nSPS) is 11.6. The van der Waals surface area contributed by atoms with E-state index in [1.54, 1.807) is 0 Å². The van der Waals surface area contributed by atoms with E-state index >= 15 is 0 Å². The van der Waals surface area contributed by atoms with Crippen molar-refractivity contribution in [1.82, 2.24) is 19.9 Å². The van der Waals surface area contributed by atoms with Gasteiger partial charge in [0, 0.05) is 23.5 Å². The largest absolute Gasteiger partial charge is 0.341 e. The number of rotatable bonds is 2. The first-order chi connectivity index (χ1) is 10.4. The van der Waals surface area contributed by atoms with Gasteiger partial charge >= 0.3 is 0 Å². The van der Waals surface area contributed by atoms with Crippen molar-refractivity contribution in [2.24, 2.45) is 0 Å². The lowest BCUT2D eigenvalue weighted by Crippen LogP contribution is -2.13. The number of amides is 1. The van der Waals surface area contributed by atoms with Crippen LogP contribution in [0.3, 0.4) is 0 Å². The number of imidazole rings is 1. The van der Waals surface area contributed by atoms with Gasteiger partial charge in [0.1, 0.15) is 11.5 Å². The Kier molecular flexibility index (Phi) is 3.36. The second kappa shape index (κ2) is 5.22. The van der Waals surface area contributed by atoms with Crippen LogP contribution >= 0.6 is 0 Å². The number of carbonyl (C=O) groups excluding carboxylic acids is 1. The summed E-state index contributed by atoms with van der Waals surface area (Å²) in [6.45, 7) is 6.30. The van der Waals surface area contributed by atoms with Gasteiger partial charge in [0.15, 0.2) is 0 Å². The number of nitrogens with one attached hydrogen (secondary N) is 2. The topological polar surface area (TPSA) is 83.6 Å². The van der Waals surface area contributed by atoms with Gasteiger partial charge in [0.25, 0.3) is 5.91 Å². The zero-order valence-electron chi connectivity index (χ0n) is 12.7. The third-order valence-corrected chi connectivity index (χ3v) is 3.25. The summed E-state index contributed by atoms with van der Waals surface area (Å²) in [6, 6.07) is 5.57. The molecule has 0 aliphatic heterocycles. The Morgan fingerprint density at radius 3 is 2.73 bits per heavy atom. The van der Waals surface area contributed by atoms with E-state index < -0.39 is 0 Å². The first kappa shape index (κ1) is 14.2. The lowest BCUT2D eigenvalue weighted by atomic mass is 9.96. The summed E-state index contributed by atoms with van der Waals surface area (Å²) in [5, 5.41) is 2.81. The number of hydrogen-bond donors (Lipinski definition) is 2. The lowest BCUT2D eigenvalue weighted by Gasteiger charge is -2.13. The monoisotopic (exact) mass is 295 g/mol. The smallest absolute Gasteiger partial charge is 0.275 e. The molecule has 2 aromatic heterocycles. The fourth-order valence-electron chi connectivity index (χ4n) is 2.05. The van der Waals surface area contributed by atoms with Gasteiger partial charge < -0.3 is 10.3 Å². The van der Waals surface area contributed by atoms with Gasteiger partial charge in [-0.05, 0) is 18.2 Å². The number of nitrogens with zero attached hydrogens (tertiary/aromatic N) is 3. The molecule has 0 unspecified atom stereocenters. The van der Waals surface area contributed by atoms with Crippen molar-refractivity contribution in [2.75, 3.05) is 5.32 Å². The van der Waals surface area contributed by atoms with Gasteiger partial charge in [0.2, 0.25) is 0 Å². The molecule has 112 valence electrons. The Labute approximate surface area is 128 Å². The van der Waals surface area contributed by atoms with Gasteiger partial charge in [-0.15, -0.1) is 0 Å². The molecule has 2 heterocycles. The molecule has 0 atom stereocenters. The summed E-state index contributed by atoms with van der Waals surface area (Å²) in [5.74, 6) is 0.628. The molecule has 0 aliphatic carbocycles. The summed E-state index contributed by atoms with van der Waals surface area (Å²) < 4.78 is 0. The average molecular weight is 295 g/mol. The number of aromatic amines is 1. The van der Waals surface area contributed by atoms with E-state index in [2.05, 4.69) is 46.0 Å². The number of aromatic nitrogens is 4. The van der Waals surface area contributed by atoms with E-state index in [0.29, 0.717) is 5.69 Å². The van der Waals surface area contributed by atoms with Gasteiger partial charge in [-0.1, -0.05) is 20.8 Å². The zero-order chi connectivity index (χ0) is 15.7. The summed E-state index contributed by atoms with van der Waals surface area (Å²) >= 11 is 0. The maximum Gasteiger partial charge on any atom is 0.275 e. The van der Waals surface area contributed by atoms with Crippen LogP contribution in [-0.4, -0.2) is 25.8 Å². The summed E-state index contributed by atoms with van der Waals surface area (Å²) in [7, 11) is 0. The van der Waals surface area contributed by atoms with Gasteiger partial charge in [-0.25, -0.2) is 9.97 Å². The maximum absolute atomic E-state index is 12.1. The third-order valence-electron chi connectivity index (χ3n) is 3.25. The van der Waals surface area contributed by atoms with Gasteiger partial charge in [-0.2, -0.15) is 0 Å². The highest BCUT2D eigenvalue weighted by atomic mass is 16.1. The summed E-state index contributed by atoms with van der Waals surface area (Å²) in [4.78, 5) is 27.8. The maximum atomic E-state index is 12.1. The Balaban J connectivity index is 1.88. The van der Waals surface area contributed by atoms with E-state index in [4.69, 9.17) is 0 Å². The van der Waals surface area contributed by atoms with E-state index in [0.717, 1.165) is 16.9 Å². The van der Waals surface area contributed by atoms with E-state index in [-0.39, 0.29) is 17.0 Å². The first-order valence-electron chi connectivity index (χ1n) is 7.01. The zero-order valence-corrected chi connectivity index (χ0v) is 12.7. The fourth-order valence-corrected chi connectivity index (χ4v) is 2.05. The number of benzene rings is 1. The molecule has 6 nitrogen and oxygen atoms in total. The summed E-state index contributed by atoms with van der Waals surface area (Å²) in [5.41, 5.74) is 2.68. The first-order valence-corrected chi connectivity index (χ1v) is 7.01. The molecule has 0 fully saturated rings. The van der Waals surface area contributed by atoms with Crippen molar-refractivity contribution >= 4 is 22.6 Å². The minimum Gasteiger partial charge on any atom is -0.341 e. The Bertz CT molecular complexity index is 817. The van der Waals surface area contributed by atoms with Crippen molar-refractivity contribution < 1.29 is 4.79 Å². The predicted octanol–water partition coefficient (Wildman–Crippen LogP) is 2.90. The average Bonchev–Trinajstić information content (AvgIpc) is 2.91. The van der Waals surface area contributed by atoms with Crippen molar-refractivity contribution in [2.45, 2.75) is 26.2 Å². The molecular weight excluding hydrogens is 278 g/mol. The summed E-state index contributed by atoms with van der Waals surface area (Å²) in [6.07, 6.45) is 4.45. The lowest BCUT2D eigenvalue weighted by molar-refractivity contribution is 0.102. The Morgan fingerprint density at radius 1 is 1.23 bits per heavy atom. The molecule has 0 aliphatic rings. The van der Waals surface area contributed by atoms with E-state index in [1.165, 1.54) is 18.6 Å². The van der Waals surface area contributed by atoms with Crippen LogP contribution in [0.25, 0.3) is 11.0 Å². The minimum atomic E-state index is -0.289. The molecule has 3 rings (SSSR count). The molecule has 0 bridgehead atoms.